The van der Waals surface area contributed by atoms with Gasteiger partial charge in [0, 0.05) is 18.9 Å². The maximum atomic E-state index is 11.9. The molecule has 0 radical (unpaired) electrons. The molecule has 0 saturated carbocycles. The van der Waals surface area contributed by atoms with Gasteiger partial charge in [0.05, 0.1) is 5.92 Å². The smallest absolute Gasteiger partial charge is 0.307 e. The molecule has 0 aromatic carbocycles. The van der Waals surface area contributed by atoms with Crippen LogP contribution in [0.25, 0.3) is 0 Å². The molecule has 0 aromatic rings. The Kier molecular flexibility index (Phi) is 5.76. The van der Waals surface area contributed by atoms with E-state index in [0.29, 0.717) is 13.0 Å². The predicted molar refractivity (Wildman–Crippen MR) is 79.6 cm³/mol. The van der Waals surface area contributed by atoms with Gasteiger partial charge in [-0.15, -0.1) is 0 Å². The van der Waals surface area contributed by atoms with Crippen LogP contribution in [0.5, 0.6) is 0 Å². The second kappa shape index (κ2) is 6.71. The van der Waals surface area contributed by atoms with Crippen LogP contribution < -0.4 is 5.32 Å². The van der Waals surface area contributed by atoms with E-state index >= 15 is 0 Å². The Labute approximate surface area is 123 Å². The van der Waals surface area contributed by atoms with Gasteiger partial charge in [0.1, 0.15) is 0 Å². The molecule has 1 aliphatic rings. The summed E-state index contributed by atoms with van der Waals surface area (Å²) in [5.41, 5.74) is -0.0808. The number of carbonyl (C=O) groups excluding carboxylic acids is 2. The summed E-state index contributed by atoms with van der Waals surface area (Å²) in [6.07, 6.45) is -0.189. The largest absolute Gasteiger partial charge is 0.441 e. The van der Waals surface area contributed by atoms with Crippen LogP contribution in [0.2, 0.25) is 13.1 Å². The molecule has 1 N–H and O–H groups in total. The highest BCUT2D eigenvalue weighted by molar-refractivity contribution is 6.48. The first-order chi connectivity index (χ1) is 9.16. The molecule has 1 rings (SSSR count). The summed E-state index contributed by atoms with van der Waals surface area (Å²) in [6.45, 7) is 12.8. The normalized spacial score (nSPS) is 24.1. The Morgan fingerprint density at radius 2 is 2.00 bits per heavy atom. The van der Waals surface area contributed by atoms with Crippen LogP contribution in [0.15, 0.2) is 0 Å². The molecule has 3 atom stereocenters. The zero-order chi connectivity index (χ0) is 15.5. The number of esters is 1. The lowest BCUT2D eigenvalue weighted by Gasteiger charge is -2.45. The molecule has 0 bridgehead atoms. The fourth-order valence-electron chi connectivity index (χ4n) is 2.28. The van der Waals surface area contributed by atoms with Crippen molar-refractivity contribution < 1.29 is 18.8 Å². The number of hydrogen-bond donors (Lipinski definition) is 1. The molecule has 20 heavy (non-hydrogen) atoms. The summed E-state index contributed by atoms with van der Waals surface area (Å²) in [4.78, 5) is 23.3. The van der Waals surface area contributed by atoms with Crippen LogP contribution >= 0.6 is 0 Å². The number of nitrogens with one attached hydrogen (secondary N) is 1. The predicted octanol–water partition coefficient (Wildman–Crippen LogP) is 1.67. The van der Waals surface area contributed by atoms with Gasteiger partial charge in [0.2, 0.25) is 5.91 Å². The molecule has 0 aliphatic carbocycles. The van der Waals surface area contributed by atoms with Crippen LogP contribution in [0.1, 0.15) is 34.1 Å². The van der Waals surface area contributed by atoms with E-state index in [9.17, 15) is 9.59 Å². The van der Waals surface area contributed by atoms with Gasteiger partial charge in [-0.05, 0) is 18.5 Å². The van der Waals surface area contributed by atoms with Gasteiger partial charge < -0.3 is 14.5 Å². The van der Waals surface area contributed by atoms with Crippen molar-refractivity contribution in [3.05, 3.63) is 0 Å². The van der Waals surface area contributed by atoms with Gasteiger partial charge in [0.15, 0.2) is 15.3 Å². The monoisotopic (exact) mass is 301 g/mol. The van der Waals surface area contributed by atoms with E-state index in [-0.39, 0.29) is 29.1 Å². The molecule has 1 aliphatic heterocycles. The summed E-state index contributed by atoms with van der Waals surface area (Å²) in [6, 6.07) is 0. The van der Waals surface area contributed by atoms with Crippen molar-refractivity contribution in [2.45, 2.75) is 53.4 Å². The minimum atomic E-state index is -1.14. The Morgan fingerprint density at radius 3 is 2.40 bits per heavy atom. The van der Waals surface area contributed by atoms with Crippen LogP contribution in [0.3, 0.4) is 0 Å². The van der Waals surface area contributed by atoms with Crippen LogP contribution in [-0.4, -0.2) is 33.8 Å². The molecule has 5 nitrogen and oxygen atoms in total. The molecule has 1 heterocycles. The SMILES string of the molecule is CCC(=O)O[C@H]1NC(=O)[C@@H]1[C@@H](CO[SiH](C)C)C(C)(C)C. The van der Waals surface area contributed by atoms with E-state index in [1.54, 1.807) is 6.92 Å². The minimum absolute atomic E-state index is 0.0424. The van der Waals surface area contributed by atoms with Crippen molar-refractivity contribution >= 4 is 20.9 Å². The maximum Gasteiger partial charge on any atom is 0.307 e. The van der Waals surface area contributed by atoms with E-state index in [2.05, 4.69) is 39.2 Å². The fraction of sp³-hybridized carbons (Fsp3) is 0.857. The Balaban J connectivity index is 2.77. The lowest BCUT2D eigenvalue weighted by molar-refractivity contribution is -0.177. The van der Waals surface area contributed by atoms with Crippen molar-refractivity contribution in [3.8, 4) is 0 Å². The second-order valence-corrected chi connectivity index (χ2v) is 9.08. The number of carbonyl (C=O) groups is 2. The average Bonchev–Trinajstić information content (AvgIpc) is 2.31. The van der Waals surface area contributed by atoms with Crippen molar-refractivity contribution in [2.24, 2.45) is 17.3 Å². The number of rotatable bonds is 6. The van der Waals surface area contributed by atoms with E-state index in [0.717, 1.165) is 0 Å². The molecule has 0 unspecified atom stereocenters. The van der Waals surface area contributed by atoms with Crippen molar-refractivity contribution in [2.75, 3.05) is 6.61 Å². The van der Waals surface area contributed by atoms with E-state index in [4.69, 9.17) is 9.16 Å². The van der Waals surface area contributed by atoms with Gasteiger partial charge in [0.25, 0.3) is 0 Å². The van der Waals surface area contributed by atoms with Crippen molar-refractivity contribution in [3.63, 3.8) is 0 Å². The highest BCUT2D eigenvalue weighted by Crippen LogP contribution is 2.38. The fourth-order valence-corrected chi connectivity index (χ4v) is 2.87. The number of amides is 1. The van der Waals surface area contributed by atoms with Crippen molar-refractivity contribution in [1.29, 1.82) is 0 Å². The van der Waals surface area contributed by atoms with Gasteiger partial charge in [-0.1, -0.05) is 27.7 Å². The standard InChI is InChI=1S/C14H27NO4Si/c1-7-10(16)19-13-11(12(17)15-13)9(14(2,3)4)8-18-20(5)6/h9,11,13,20H,7-8H2,1-6H3,(H,15,17)/t9-,11+,13-/m1/s1. The molecule has 116 valence electrons. The van der Waals surface area contributed by atoms with Gasteiger partial charge >= 0.3 is 5.97 Å². The van der Waals surface area contributed by atoms with Crippen LogP contribution in [0, 0.1) is 17.3 Å². The Hall–Kier alpha value is -0.883. The first kappa shape index (κ1) is 17.2. The van der Waals surface area contributed by atoms with Gasteiger partial charge in [-0.2, -0.15) is 0 Å². The molecular weight excluding hydrogens is 274 g/mol. The highest BCUT2D eigenvalue weighted by atomic mass is 28.3. The van der Waals surface area contributed by atoms with E-state index in [1.807, 2.05) is 0 Å². The summed E-state index contributed by atoms with van der Waals surface area (Å²) in [5.74, 6) is -0.598. The van der Waals surface area contributed by atoms with Gasteiger partial charge in [-0.3, -0.25) is 9.59 Å². The molecule has 1 saturated heterocycles. The first-order valence-electron chi connectivity index (χ1n) is 7.28. The topological polar surface area (TPSA) is 64.6 Å². The Bertz CT molecular complexity index is 365. The third kappa shape index (κ3) is 4.31. The number of β-lactam (4-membered cyclic amide) rings is 1. The van der Waals surface area contributed by atoms with Gasteiger partial charge in [-0.25, -0.2) is 0 Å². The summed E-state index contributed by atoms with van der Waals surface area (Å²) < 4.78 is 11.1. The highest BCUT2D eigenvalue weighted by Gasteiger charge is 2.50. The quantitative estimate of drug-likeness (QED) is 0.460. The summed E-state index contributed by atoms with van der Waals surface area (Å²) in [5, 5.41) is 2.67. The lowest BCUT2D eigenvalue weighted by Crippen LogP contribution is -2.64. The number of hydrogen-bond acceptors (Lipinski definition) is 4. The third-order valence-corrected chi connectivity index (χ3v) is 4.47. The van der Waals surface area contributed by atoms with E-state index in [1.165, 1.54) is 0 Å². The minimum Gasteiger partial charge on any atom is -0.441 e. The molecule has 0 aromatic heterocycles. The van der Waals surface area contributed by atoms with Crippen LogP contribution in [0.4, 0.5) is 0 Å². The Morgan fingerprint density at radius 1 is 1.40 bits per heavy atom. The molecule has 1 amide bonds. The summed E-state index contributed by atoms with van der Waals surface area (Å²) in [7, 11) is -1.14. The summed E-state index contributed by atoms with van der Waals surface area (Å²) >= 11 is 0. The lowest BCUT2D eigenvalue weighted by atomic mass is 9.70. The average molecular weight is 301 g/mol. The van der Waals surface area contributed by atoms with Crippen molar-refractivity contribution in [1.82, 2.24) is 5.32 Å². The maximum absolute atomic E-state index is 11.9. The number of ether oxygens (including phenoxy) is 1. The zero-order valence-corrected chi connectivity index (χ0v) is 14.5. The molecular formula is C14H27NO4Si. The van der Waals surface area contributed by atoms with E-state index < -0.39 is 15.3 Å². The molecule has 0 spiro atoms. The molecule has 1 fully saturated rings. The van der Waals surface area contributed by atoms with Crippen LogP contribution in [-0.2, 0) is 18.8 Å². The first-order valence-corrected chi connectivity index (χ1v) is 10.1. The molecule has 6 heteroatoms. The second-order valence-electron chi connectivity index (χ2n) is 6.65. The zero-order valence-electron chi connectivity index (χ0n) is 13.4. The third-order valence-electron chi connectivity index (χ3n) is 3.62.